The maximum Gasteiger partial charge on any atom is 0.311 e. The summed E-state index contributed by atoms with van der Waals surface area (Å²) < 4.78 is 5.35. The van der Waals surface area contributed by atoms with Crippen LogP contribution in [-0.4, -0.2) is 45.6 Å². The van der Waals surface area contributed by atoms with E-state index in [1.807, 2.05) is 18.3 Å². The fourth-order valence-electron chi connectivity index (χ4n) is 3.22. The summed E-state index contributed by atoms with van der Waals surface area (Å²) in [5.74, 6) is -1.11. The minimum Gasteiger partial charge on any atom is -0.481 e. The molecule has 26 heavy (non-hydrogen) atoms. The highest BCUT2D eigenvalue weighted by Gasteiger charge is 2.16. The number of hydrogen-bond acceptors (Lipinski definition) is 4. The van der Waals surface area contributed by atoms with Crippen LogP contribution < -0.4 is 4.74 Å². The maximum absolute atomic E-state index is 11.8. The lowest BCUT2D eigenvalue weighted by molar-refractivity contribution is -0.142. The number of hydrogen-bond donors (Lipinski definition) is 2. The van der Waals surface area contributed by atoms with Crippen LogP contribution in [0.2, 0.25) is 0 Å². The van der Waals surface area contributed by atoms with E-state index >= 15 is 0 Å². The van der Waals surface area contributed by atoms with E-state index < -0.39 is 11.9 Å². The van der Waals surface area contributed by atoms with Crippen molar-refractivity contribution in [1.82, 2.24) is 9.88 Å². The number of aromatic nitrogens is 1. The molecule has 0 unspecified atom stereocenters. The van der Waals surface area contributed by atoms with Crippen molar-refractivity contribution in [1.29, 1.82) is 0 Å². The fraction of sp³-hybridized carbons (Fsp3) is 0.500. The largest absolute Gasteiger partial charge is 0.481 e. The van der Waals surface area contributed by atoms with Gasteiger partial charge in [0.15, 0.2) is 5.75 Å². The van der Waals surface area contributed by atoms with Crippen molar-refractivity contribution in [2.45, 2.75) is 59.0 Å². The first-order valence-corrected chi connectivity index (χ1v) is 9.06. The molecule has 6 heteroatoms. The number of ether oxygens (including phenoxy) is 1. The molecule has 1 aromatic heterocycles. The summed E-state index contributed by atoms with van der Waals surface area (Å²) >= 11 is 0. The van der Waals surface area contributed by atoms with E-state index in [4.69, 9.17) is 9.84 Å². The first-order valence-electron chi connectivity index (χ1n) is 9.06. The van der Waals surface area contributed by atoms with Crippen LogP contribution in [0, 0.1) is 0 Å². The molecule has 0 amide bonds. The van der Waals surface area contributed by atoms with Gasteiger partial charge in [-0.1, -0.05) is 12.1 Å². The predicted molar refractivity (Wildman–Crippen MR) is 101 cm³/mol. The van der Waals surface area contributed by atoms with Gasteiger partial charge in [0, 0.05) is 30.2 Å². The summed E-state index contributed by atoms with van der Waals surface area (Å²) in [5, 5.41) is 9.70. The number of carbonyl (C=O) groups excluding carboxylic acids is 1. The van der Waals surface area contributed by atoms with E-state index in [0.717, 1.165) is 23.9 Å². The first kappa shape index (κ1) is 20.0. The van der Waals surface area contributed by atoms with Gasteiger partial charge < -0.3 is 14.8 Å². The molecule has 2 N–H and O–H groups in total. The Bertz CT molecular complexity index is 756. The Labute approximate surface area is 154 Å². The van der Waals surface area contributed by atoms with Crippen LogP contribution in [-0.2, 0) is 16.0 Å². The van der Waals surface area contributed by atoms with Gasteiger partial charge in [0.25, 0.3) is 0 Å². The van der Waals surface area contributed by atoms with E-state index in [2.05, 4.69) is 37.6 Å². The number of nitrogens with one attached hydrogen (secondary N) is 1. The second kappa shape index (κ2) is 8.85. The van der Waals surface area contributed by atoms with Gasteiger partial charge in [-0.25, -0.2) is 0 Å². The van der Waals surface area contributed by atoms with E-state index in [-0.39, 0.29) is 12.8 Å². The first-order chi connectivity index (χ1) is 12.3. The quantitative estimate of drug-likeness (QED) is 0.527. The molecule has 142 valence electrons. The molecule has 0 aliphatic carbocycles. The van der Waals surface area contributed by atoms with Gasteiger partial charge in [-0.2, -0.15) is 0 Å². The number of benzene rings is 1. The molecule has 0 bridgehead atoms. The summed E-state index contributed by atoms with van der Waals surface area (Å²) in [6, 6.07) is 6.53. The lowest BCUT2D eigenvalue weighted by Crippen LogP contribution is -2.38. The third kappa shape index (κ3) is 5.08. The topological polar surface area (TPSA) is 82.6 Å². The minimum absolute atomic E-state index is 0.142. The zero-order chi connectivity index (χ0) is 19.3. The van der Waals surface area contributed by atoms with Gasteiger partial charge in [0.2, 0.25) is 0 Å². The number of nitrogens with zero attached hydrogens (tertiary/aromatic N) is 1. The number of carboxylic acids is 1. The molecule has 0 atom stereocenters. The molecule has 1 aromatic carbocycles. The van der Waals surface area contributed by atoms with Gasteiger partial charge in [0.05, 0.1) is 18.4 Å². The van der Waals surface area contributed by atoms with Crippen LogP contribution in [0.5, 0.6) is 5.75 Å². The third-order valence-electron chi connectivity index (χ3n) is 4.50. The Morgan fingerprint density at radius 3 is 2.46 bits per heavy atom. The molecule has 0 radical (unpaired) electrons. The van der Waals surface area contributed by atoms with E-state index in [9.17, 15) is 9.59 Å². The Morgan fingerprint density at radius 2 is 1.85 bits per heavy atom. The van der Waals surface area contributed by atoms with Crippen LogP contribution in [0.15, 0.2) is 24.4 Å². The summed E-state index contributed by atoms with van der Waals surface area (Å²) in [5.41, 5.74) is 1.95. The second-order valence-electron chi connectivity index (χ2n) is 7.04. The predicted octanol–water partition coefficient (Wildman–Crippen LogP) is 3.60. The Morgan fingerprint density at radius 1 is 1.15 bits per heavy atom. The monoisotopic (exact) mass is 360 g/mol. The number of carboxylic acid groups (broad SMARTS) is 1. The summed E-state index contributed by atoms with van der Waals surface area (Å²) in [7, 11) is 0. The van der Waals surface area contributed by atoms with Crippen LogP contribution >= 0.6 is 0 Å². The number of carbonyl (C=O) groups is 2. The SMILES string of the molecule is CC(C)N(CCc1c[nH]c2c(OC(=O)CCC(=O)O)cccc12)C(C)C. The minimum atomic E-state index is -1.01. The average molecular weight is 360 g/mol. The van der Waals surface area contributed by atoms with Gasteiger partial charge in [-0.3, -0.25) is 14.5 Å². The molecular weight excluding hydrogens is 332 g/mol. The zero-order valence-electron chi connectivity index (χ0n) is 15.9. The highest BCUT2D eigenvalue weighted by atomic mass is 16.5. The number of esters is 1. The molecule has 6 nitrogen and oxygen atoms in total. The molecule has 0 saturated heterocycles. The van der Waals surface area contributed by atoms with Crippen LogP contribution in [0.25, 0.3) is 10.9 Å². The average Bonchev–Trinajstić information content (AvgIpc) is 2.97. The molecule has 2 aromatic rings. The molecule has 0 aliphatic heterocycles. The number of aromatic amines is 1. The second-order valence-corrected chi connectivity index (χ2v) is 7.04. The van der Waals surface area contributed by atoms with Crippen molar-refractivity contribution >= 4 is 22.8 Å². The highest BCUT2D eigenvalue weighted by molar-refractivity contribution is 5.90. The van der Waals surface area contributed by atoms with Gasteiger partial charge in [-0.15, -0.1) is 0 Å². The van der Waals surface area contributed by atoms with Crippen LogP contribution in [0.1, 0.15) is 46.1 Å². The molecule has 0 spiro atoms. The summed E-state index contributed by atoms with van der Waals surface area (Å²) in [4.78, 5) is 28.0. The number of rotatable bonds is 9. The number of H-pyrrole nitrogens is 1. The molecule has 2 rings (SSSR count). The highest BCUT2D eigenvalue weighted by Crippen LogP contribution is 2.28. The number of aliphatic carboxylic acids is 1. The lowest BCUT2D eigenvalue weighted by atomic mass is 10.1. The standard InChI is InChI=1S/C20H28N2O4/c1-13(2)22(14(3)4)11-10-15-12-21-20-16(15)6-5-7-17(20)26-19(25)9-8-18(23)24/h5-7,12-14,21H,8-11H2,1-4H3,(H,23,24). The van der Waals surface area contributed by atoms with E-state index in [0.29, 0.717) is 17.8 Å². The Balaban J connectivity index is 2.12. The van der Waals surface area contributed by atoms with Crippen LogP contribution in [0.3, 0.4) is 0 Å². The Kier molecular flexibility index (Phi) is 6.80. The molecule has 1 heterocycles. The molecule has 0 aliphatic rings. The molecular formula is C20H28N2O4. The fourth-order valence-corrected chi connectivity index (χ4v) is 3.22. The van der Waals surface area contributed by atoms with E-state index in [1.54, 1.807) is 6.07 Å². The van der Waals surface area contributed by atoms with Crippen molar-refractivity contribution in [2.75, 3.05) is 6.54 Å². The summed E-state index contributed by atoms with van der Waals surface area (Å²) in [6.45, 7) is 9.74. The van der Waals surface area contributed by atoms with Crippen LogP contribution in [0.4, 0.5) is 0 Å². The van der Waals surface area contributed by atoms with Crippen molar-refractivity contribution in [3.63, 3.8) is 0 Å². The van der Waals surface area contributed by atoms with Gasteiger partial charge >= 0.3 is 11.9 Å². The number of fused-ring (bicyclic) bond motifs is 1. The smallest absolute Gasteiger partial charge is 0.311 e. The van der Waals surface area contributed by atoms with Crippen molar-refractivity contribution in [3.8, 4) is 5.75 Å². The van der Waals surface area contributed by atoms with Crippen molar-refractivity contribution in [3.05, 3.63) is 30.0 Å². The maximum atomic E-state index is 11.8. The van der Waals surface area contributed by atoms with Crippen molar-refractivity contribution in [2.24, 2.45) is 0 Å². The van der Waals surface area contributed by atoms with Gasteiger partial charge in [0.1, 0.15) is 0 Å². The molecule has 0 saturated carbocycles. The van der Waals surface area contributed by atoms with E-state index in [1.165, 1.54) is 5.56 Å². The lowest BCUT2D eigenvalue weighted by Gasteiger charge is -2.30. The van der Waals surface area contributed by atoms with Gasteiger partial charge in [-0.05, 0) is 45.7 Å². The summed E-state index contributed by atoms with van der Waals surface area (Å²) in [6.07, 6.45) is 2.48. The van der Waals surface area contributed by atoms with Crippen molar-refractivity contribution < 1.29 is 19.4 Å². The number of para-hydroxylation sites is 1. The molecule has 0 fully saturated rings. The Hall–Kier alpha value is -2.34. The third-order valence-corrected chi connectivity index (χ3v) is 4.50. The normalized spacial score (nSPS) is 11.7. The zero-order valence-corrected chi connectivity index (χ0v) is 15.9.